The van der Waals surface area contributed by atoms with Gasteiger partial charge in [0.15, 0.2) is 11.4 Å². The molecule has 3 aromatic heterocycles. The second-order valence-electron chi connectivity index (χ2n) is 5.51. The Labute approximate surface area is 141 Å². The van der Waals surface area contributed by atoms with Crippen molar-refractivity contribution >= 4 is 11.0 Å². The summed E-state index contributed by atoms with van der Waals surface area (Å²) in [5, 5.41) is 14.3. The molecule has 4 aromatic rings. The minimum atomic E-state index is -0.637. The van der Waals surface area contributed by atoms with E-state index in [1.54, 1.807) is 30.5 Å². The van der Waals surface area contributed by atoms with Crippen LogP contribution >= 0.6 is 0 Å². The van der Waals surface area contributed by atoms with E-state index in [0.29, 0.717) is 28.2 Å². The fraction of sp³-hybridized carbons (Fsp3) is 0.111. The van der Waals surface area contributed by atoms with Gasteiger partial charge in [-0.15, -0.1) is 0 Å². The van der Waals surface area contributed by atoms with Gasteiger partial charge in [-0.05, 0) is 36.4 Å². The lowest BCUT2D eigenvalue weighted by molar-refractivity contribution is 0.248. The lowest BCUT2D eigenvalue weighted by Crippen LogP contribution is -2.06. The second-order valence-corrected chi connectivity index (χ2v) is 5.51. The Hall–Kier alpha value is -3.06. The van der Waals surface area contributed by atoms with Crippen LogP contribution in [0.15, 0.2) is 53.1 Å². The van der Waals surface area contributed by atoms with Gasteiger partial charge >= 0.3 is 0 Å². The molecule has 0 spiro atoms. The third-order valence-corrected chi connectivity index (χ3v) is 3.93. The van der Waals surface area contributed by atoms with E-state index in [9.17, 15) is 8.78 Å². The van der Waals surface area contributed by atoms with Gasteiger partial charge < -0.3 is 9.52 Å². The molecule has 0 aliphatic rings. The number of aliphatic hydroxyl groups is 1. The average molecular weight is 341 g/mol. The number of aromatic nitrogens is 3. The number of pyridine rings is 1. The molecule has 25 heavy (non-hydrogen) atoms. The lowest BCUT2D eigenvalue weighted by atomic mass is 10.2. The molecule has 7 heteroatoms. The molecular formula is C18H13F2N3O2. The van der Waals surface area contributed by atoms with Crippen LogP contribution in [0.4, 0.5) is 8.78 Å². The van der Waals surface area contributed by atoms with E-state index in [1.807, 2.05) is 0 Å². The predicted molar refractivity (Wildman–Crippen MR) is 86.6 cm³/mol. The number of furan rings is 1. The van der Waals surface area contributed by atoms with Crippen LogP contribution in [0.5, 0.6) is 0 Å². The van der Waals surface area contributed by atoms with E-state index >= 15 is 0 Å². The maximum absolute atomic E-state index is 14.0. The van der Waals surface area contributed by atoms with Gasteiger partial charge in [0.05, 0.1) is 11.9 Å². The van der Waals surface area contributed by atoms with Gasteiger partial charge in [-0.2, -0.15) is 5.10 Å². The summed E-state index contributed by atoms with van der Waals surface area (Å²) in [5.74, 6) is -0.417. The van der Waals surface area contributed by atoms with Gasteiger partial charge in [-0.1, -0.05) is 6.07 Å². The normalized spacial score (nSPS) is 11.3. The molecule has 0 bridgehead atoms. The number of aliphatic hydroxyl groups excluding tert-OH is 1. The summed E-state index contributed by atoms with van der Waals surface area (Å²) in [4.78, 5) is 4.27. The number of fused-ring (bicyclic) bond motifs is 1. The number of hydrogen-bond donors (Lipinski definition) is 1. The Morgan fingerprint density at radius 2 is 1.84 bits per heavy atom. The number of hydrogen-bond acceptors (Lipinski definition) is 4. The molecule has 1 N–H and O–H groups in total. The first-order valence-corrected chi connectivity index (χ1v) is 7.61. The van der Waals surface area contributed by atoms with Crippen molar-refractivity contribution in [2.24, 2.45) is 0 Å². The van der Waals surface area contributed by atoms with Crippen molar-refractivity contribution in [3.05, 3.63) is 71.6 Å². The highest BCUT2D eigenvalue weighted by molar-refractivity contribution is 5.89. The van der Waals surface area contributed by atoms with Gasteiger partial charge in [-0.3, -0.25) is 0 Å². The molecule has 1 aromatic carbocycles. The van der Waals surface area contributed by atoms with Crippen LogP contribution in [0.25, 0.3) is 22.5 Å². The highest BCUT2D eigenvalue weighted by Gasteiger charge is 2.18. The van der Waals surface area contributed by atoms with Gasteiger partial charge in [0.25, 0.3) is 0 Å². The molecule has 5 nitrogen and oxygen atoms in total. The fourth-order valence-corrected chi connectivity index (χ4v) is 2.72. The Morgan fingerprint density at radius 3 is 2.56 bits per heavy atom. The van der Waals surface area contributed by atoms with Crippen molar-refractivity contribution in [2.75, 3.05) is 0 Å². The molecule has 126 valence electrons. The van der Waals surface area contributed by atoms with Crippen LogP contribution in [-0.2, 0) is 13.2 Å². The lowest BCUT2D eigenvalue weighted by Gasteiger charge is -2.05. The third kappa shape index (κ3) is 2.68. The predicted octanol–water partition coefficient (Wildman–Crippen LogP) is 3.51. The summed E-state index contributed by atoms with van der Waals surface area (Å²) in [6.45, 7) is -0.323. The fourth-order valence-electron chi connectivity index (χ4n) is 2.72. The molecular weight excluding hydrogens is 328 g/mol. The van der Waals surface area contributed by atoms with E-state index in [4.69, 9.17) is 9.52 Å². The molecule has 3 heterocycles. The first kappa shape index (κ1) is 15.5. The van der Waals surface area contributed by atoms with E-state index in [0.717, 1.165) is 0 Å². The van der Waals surface area contributed by atoms with Crippen LogP contribution in [-0.4, -0.2) is 19.9 Å². The third-order valence-electron chi connectivity index (χ3n) is 3.93. The molecule has 0 saturated carbocycles. The maximum Gasteiger partial charge on any atom is 0.158 e. The van der Waals surface area contributed by atoms with Crippen LogP contribution in [0, 0.1) is 11.6 Å². The van der Waals surface area contributed by atoms with Crippen LogP contribution in [0.1, 0.15) is 11.3 Å². The van der Waals surface area contributed by atoms with Gasteiger partial charge in [0.2, 0.25) is 0 Å². The number of benzene rings is 1. The summed E-state index contributed by atoms with van der Waals surface area (Å²) in [5.41, 5.74) is 0.904. The smallest absolute Gasteiger partial charge is 0.158 e. The van der Waals surface area contributed by atoms with Crippen LogP contribution < -0.4 is 0 Å². The molecule has 0 radical (unpaired) electrons. The zero-order valence-corrected chi connectivity index (χ0v) is 13.0. The largest absolute Gasteiger partial charge is 0.457 e. The highest BCUT2D eigenvalue weighted by atomic mass is 19.1. The molecule has 0 saturated heterocycles. The van der Waals surface area contributed by atoms with Crippen LogP contribution in [0.3, 0.4) is 0 Å². The van der Waals surface area contributed by atoms with E-state index in [1.165, 1.54) is 22.9 Å². The Balaban J connectivity index is 1.85. The first-order chi connectivity index (χ1) is 12.2. The van der Waals surface area contributed by atoms with Gasteiger partial charge in [-0.25, -0.2) is 18.4 Å². The van der Waals surface area contributed by atoms with Gasteiger partial charge in [0.1, 0.15) is 29.7 Å². The van der Waals surface area contributed by atoms with Gasteiger partial charge in [0, 0.05) is 11.8 Å². The minimum Gasteiger partial charge on any atom is -0.457 e. The van der Waals surface area contributed by atoms with Crippen molar-refractivity contribution in [2.45, 2.75) is 13.2 Å². The number of halogens is 2. The van der Waals surface area contributed by atoms with Crippen LogP contribution in [0.2, 0.25) is 0 Å². The van der Waals surface area contributed by atoms with Crippen molar-refractivity contribution in [3.63, 3.8) is 0 Å². The average Bonchev–Trinajstić information content (AvgIpc) is 3.23. The van der Waals surface area contributed by atoms with Crippen molar-refractivity contribution < 1.29 is 18.3 Å². The molecule has 0 amide bonds. The summed E-state index contributed by atoms with van der Waals surface area (Å²) in [6.07, 6.45) is 1.59. The monoisotopic (exact) mass is 341 g/mol. The van der Waals surface area contributed by atoms with Crippen molar-refractivity contribution in [1.82, 2.24) is 14.8 Å². The SMILES string of the molecule is OCc1ccc(-c2nn(Cc3c(F)cccc3F)c3ncccc23)o1. The molecule has 0 aliphatic carbocycles. The molecule has 0 aliphatic heterocycles. The van der Waals surface area contributed by atoms with Crippen molar-refractivity contribution in [1.29, 1.82) is 0 Å². The molecule has 4 rings (SSSR count). The summed E-state index contributed by atoms with van der Waals surface area (Å²) < 4.78 is 34.9. The Morgan fingerprint density at radius 1 is 1.04 bits per heavy atom. The first-order valence-electron chi connectivity index (χ1n) is 7.61. The van der Waals surface area contributed by atoms with Crippen molar-refractivity contribution in [3.8, 4) is 11.5 Å². The Bertz CT molecular complexity index is 1040. The summed E-state index contributed by atoms with van der Waals surface area (Å²) in [6, 6.07) is 10.6. The molecule has 0 fully saturated rings. The topological polar surface area (TPSA) is 64.1 Å². The summed E-state index contributed by atoms with van der Waals surface area (Å²) in [7, 11) is 0. The Kier molecular flexibility index (Phi) is 3.77. The quantitative estimate of drug-likeness (QED) is 0.617. The number of rotatable bonds is 4. The number of nitrogens with zero attached hydrogens (tertiary/aromatic N) is 3. The zero-order chi connectivity index (χ0) is 17.4. The maximum atomic E-state index is 14.0. The second kappa shape index (κ2) is 6.10. The minimum absolute atomic E-state index is 0.0837. The molecule has 0 atom stereocenters. The zero-order valence-electron chi connectivity index (χ0n) is 13.0. The standard InChI is InChI=1S/C18H13F2N3O2/c19-14-4-1-5-15(20)13(14)9-23-18-12(3-2-8-21-18)17(22-23)16-7-6-11(10-24)25-16/h1-8,24H,9-10H2. The van der Waals surface area contributed by atoms with E-state index in [2.05, 4.69) is 10.1 Å². The molecule has 0 unspecified atom stereocenters. The van der Waals surface area contributed by atoms with E-state index < -0.39 is 11.6 Å². The summed E-state index contributed by atoms with van der Waals surface area (Å²) >= 11 is 0. The van der Waals surface area contributed by atoms with E-state index in [-0.39, 0.29) is 18.7 Å². The highest BCUT2D eigenvalue weighted by Crippen LogP contribution is 2.29.